The van der Waals surface area contributed by atoms with Gasteiger partial charge in [0.05, 0.1) is 28.8 Å². The fourth-order valence-corrected chi connectivity index (χ4v) is 7.50. The number of fused-ring (bicyclic) bond motifs is 1. The van der Waals surface area contributed by atoms with Crippen LogP contribution < -0.4 is 10.3 Å². The molecule has 0 aromatic carbocycles. The smallest absolute Gasteiger partial charge is 0.259 e. The highest BCUT2D eigenvalue weighted by Crippen LogP contribution is 2.36. The number of thiophene rings is 2. The third-order valence-electron chi connectivity index (χ3n) is 8.72. The third kappa shape index (κ3) is 10.0. The van der Waals surface area contributed by atoms with Crippen molar-refractivity contribution in [1.29, 1.82) is 0 Å². The van der Waals surface area contributed by atoms with Gasteiger partial charge in [0.2, 0.25) is 5.88 Å². The number of rotatable bonds is 21. The predicted octanol–water partition coefficient (Wildman–Crippen LogP) is 12.0. The molecule has 6 heteroatoms. The van der Waals surface area contributed by atoms with Crippen molar-refractivity contribution in [1.82, 2.24) is 9.55 Å². The molecule has 0 aliphatic carbocycles. The molecule has 4 heterocycles. The lowest BCUT2D eigenvalue weighted by atomic mass is 10.0. The van der Waals surface area contributed by atoms with E-state index in [1.807, 2.05) is 28.1 Å². The van der Waals surface area contributed by atoms with E-state index in [9.17, 15) is 4.79 Å². The maximum absolute atomic E-state index is 14.1. The highest BCUT2D eigenvalue weighted by Gasteiger charge is 2.20. The SMILES string of the molecule is CCCCCCCCC(C)COc1nc2cc(-c3cccs3)c(=O)n(CC(C)CCCCCCCC)c2cc1-c1cccs1. The van der Waals surface area contributed by atoms with Crippen LogP contribution in [0.3, 0.4) is 0 Å². The second kappa shape index (κ2) is 18.5. The average molecular weight is 635 g/mol. The van der Waals surface area contributed by atoms with Gasteiger partial charge in [-0.1, -0.05) is 117 Å². The minimum Gasteiger partial charge on any atom is -0.477 e. The number of unbranched alkanes of at least 4 members (excludes halogenated alkanes) is 10. The Labute approximate surface area is 273 Å². The lowest BCUT2D eigenvalue weighted by Crippen LogP contribution is -2.25. The average Bonchev–Trinajstić information content (AvgIpc) is 3.76. The molecule has 4 aromatic heterocycles. The number of ether oxygens (including phenoxy) is 1. The Hall–Kier alpha value is -2.44. The van der Waals surface area contributed by atoms with Crippen LogP contribution >= 0.6 is 22.7 Å². The Morgan fingerprint density at radius 3 is 1.91 bits per heavy atom. The fourth-order valence-electron chi connectivity index (χ4n) is 6.04. The highest BCUT2D eigenvalue weighted by atomic mass is 32.1. The molecule has 0 aliphatic heterocycles. The van der Waals surface area contributed by atoms with Gasteiger partial charge in [-0.05, 0) is 59.7 Å². The summed E-state index contributed by atoms with van der Waals surface area (Å²) in [5.74, 6) is 1.55. The van der Waals surface area contributed by atoms with Crippen LogP contribution in [0.1, 0.15) is 118 Å². The molecule has 2 unspecified atom stereocenters. The first-order chi connectivity index (χ1) is 21.5. The van der Waals surface area contributed by atoms with Crippen molar-refractivity contribution >= 4 is 33.7 Å². The summed E-state index contributed by atoms with van der Waals surface area (Å²) in [7, 11) is 0. The highest BCUT2D eigenvalue weighted by molar-refractivity contribution is 7.13. The molecule has 0 N–H and O–H groups in total. The van der Waals surface area contributed by atoms with Crippen LogP contribution in [0.5, 0.6) is 5.88 Å². The molecule has 4 rings (SSSR count). The Bertz CT molecular complexity index is 1430. The van der Waals surface area contributed by atoms with Crippen molar-refractivity contribution in [3.63, 3.8) is 0 Å². The van der Waals surface area contributed by atoms with Crippen LogP contribution in [-0.4, -0.2) is 16.2 Å². The van der Waals surface area contributed by atoms with E-state index in [1.165, 1.54) is 83.5 Å². The molecule has 0 saturated heterocycles. The molecule has 0 spiro atoms. The number of hydrogen-bond donors (Lipinski definition) is 0. The largest absolute Gasteiger partial charge is 0.477 e. The molecule has 44 heavy (non-hydrogen) atoms. The maximum Gasteiger partial charge on any atom is 0.259 e. The van der Waals surface area contributed by atoms with E-state index in [2.05, 4.69) is 51.3 Å². The van der Waals surface area contributed by atoms with Crippen LogP contribution in [-0.2, 0) is 6.54 Å². The first-order valence-electron chi connectivity index (χ1n) is 17.3. The van der Waals surface area contributed by atoms with E-state index in [4.69, 9.17) is 9.72 Å². The zero-order valence-electron chi connectivity index (χ0n) is 27.6. The molecule has 240 valence electrons. The van der Waals surface area contributed by atoms with Gasteiger partial charge in [0, 0.05) is 16.3 Å². The third-order valence-corrected chi connectivity index (χ3v) is 10.5. The molecule has 0 amide bonds. The number of hydrogen-bond acceptors (Lipinski definition) is 5. The molecular formula is C38H54N2O2S2. The Balaban J connectivity index is 1.59. The van der Waals surface area contributed by atoms with Crippen molar-refractivity contribution in [2.45, 2.75) is 124 Å². The summed E-state index contributed by atoms with van der Waals surface area (Å²) >= 11 is 3.31. The molecular weight excluding hydrogens is 581 g/mol. The van der Waals surface area contributed by atoms with Crippen molar-refractivity contribution < 1.29 is 4.74 Å². The maximum atomic E-state index is 14.1. The van der Waals surface area contributed by atoms with E-state index in [0.29, 0.717) is 30.9 Å². The lowest BCUT2D eigenvalue weighted by Gasteiger charge is -2.19. The molecule has 0 saturated carbocycles. The van der Waals surface area contributed by atoms with E-state index in [-0.39, 0.29) is 5.56 Å². The number of aromatic nitrogens is 2. The Kier molecular flexibility index (Phi) is 14.5. The predicted molar refractivity (Wildman–Crippen MR) is 192 cm³/mol. The van der Waals surface area contributed by atoms with E-state index in [0.717, 1.165) is 38.3 Å². The van der Waals surface area contributed by atoms with E-state index in [1.54, 1.807) is 22.7 Å². The van der Waals surface area contributed by atoms with Gasteiger partial charge in [0.1, 0.15) is 0 Å². The molecule has 4 nitrogen and oxygen atoms in total. The standard InChI is InChI=1S/C38H54N2O2S2/c1-5-7-9-11-13-15-19-29(3)27-40-34-26-31(35-21-17-23-43-35)37(42-28-30(4)20-16-14-12-10-8-6-2)39-33(34)25-32(38(40)41)36-22-18-24-44-36/h17-18,21-26,29-30H,5-16,19-20,27-28H2,1-4H3. The number of pyridine rings is 2. The summed E-state index contributed by atoms with van der Waals surface area (Å²) < 4.78 is 8.51. The molecule has 0 radical (unpaired) electrons. The lowest BCUT2D eigenvalue weighted by molar-refractivity contribution is 0.242. The van der Waals surface area contributed by atoms with Crippen LogP contribution in [0.25, 0.3) is 31.9 Å². The summed E-state index contributed by atoms with van der Waals surface area (Å²) in [4.78, 5) is 21.3. The second-order valence-corrected chi connectivity index (χ2v) is 14.7. The zero-order valence-corrected chi connectivity index (χ0v) is 29.2. The minimum absolute atomic E-state index is 0.0786. The summed E-state index contributed by atoms with van der Waals surface area (Å²) in [5, 5.41) is 4.14. The van der Waals surface area contributed by atoms with Gasteiger partial charge in [-0.15, -0.1) is 22.7 Å². The summed E-state index contributed by atoms with van der Waals surface area (Å²) in [6, 6.07) is 12.4. The monoisotopic (exact) mass is 634 g/mol. The second-order valence-electron chi connectivity index (χ2n) is 12.8. The molecule has 2 atom stereocenters. The molecule has 0 fully saturated rings. The first-order valence-corrected chi connectivity index (χ1v) is 19.1. The van der Waals surface area contributed by atoms with Gasteiger partial charge in [0.25, 0.3) is 5.56 Å². The van der Waals surface area contributed by atoms with Crippen LogP contribution in [0.4, 0.5) is 0 Å². The molecule has 0 aliphatic rings. The summed E-state index contributed by atoms with van der Waals surface area (Å²) in [5.41, 5.74) is 3.53. The van der Waals surface area contributed by atoms with E-state index < -0.39 is 0 Å². The van der Waals surface area contributed by atoms with Crippen molar-refractivity contribution in [2.24, 2.45) is 11.8 Å². The first kappa shape index (κ1) is 34.4. The fraction of sp³-hybridized carbons (Fsp3) is 0.579. The summed E-state index contributed by atoms with van der Waals surface area (Å²) in [6.07, 6.45) is 17.9. The number of nitrogens with zero attached hydrogens (tertiary/aromatic N) is 2. The van der Waals surface area contributed by atoms with Crippen LogP contribution in [0, 0.1) is 11.8 Å². The minimum atomic E-state index is 0.0786. The van der Waals surface area contributed by atoms with Crippen molar-refractivity contribution in [3.8, 4) is 26.8 Å². The Morgan fingerprint density at radius 1 is 0.750 bits per heavy atom. The Morgan fingerprint density at radius 2 is 1.32 bits per heavy atom. The quantitative estimate of drug-likeness (QED) is 0.0857. The van der Waals surface area contributed by atoms with Crippen LogP contribution in [0.15, 0.2) is 52.0 Å². The van der Waals surface area contributed by atoms with Gasteiger partial charge in [-0.25, -0.2) is 4.98 Å². The summed E-state index contributed by atoms with van der Waals surface area (Å²) in [6.45, 7) is 10.5. The van der Waals surface area contributed by atoms with Crippen molar-refractivity contribution in [2.75, 3.05) is 6.61 Å². The van der Waals surface area contributed by atoms with Gasteiger partial charge in [0.15, 0.2) is 0 Å². The zero-order chi connectivity index (χ0) is 31.1. The van der Waals surface area contributed by atoms with Gasteiger partial charge >= 0.3 is 0 Å². The van der Waals surface area contributed by atoms with Crippen molar-refractivity contribution in [3.05, 3.63) is 57.5 Å². The normalized spacial score (nSPS) is 13.0. The van der Waals surface area contributed by atoms with Gasteiger partial charge in [-0.2, -0.15) is 0 Å². The topological polar surface area (TPSA) is 44.1 Å². The molecule has 0 bridgehead atoms. The van der Waals surface area contributed by atoms with E-state index >= 15 is 0 Å². The molecule has 4 aromatic rings. The van der Waals surface area contributed by atoms with Crippen LogP contribution in [0.2, 0.25) is 0 Å². The van der Waals surface area contributed by atoms with Gasteiger partial charge < -0.3 is 9.30 Å². The van der Waals surface area contributed by atoms with Gasteiger partial charge in [-0.3, -0.25) is 4.79 Å².